The fourth-order valence-electron chi connectivity index (χ4n) is 2.60. The summed E-state index contributed by atoms with van der Waals surface area (Å²) in [4.78, 5) is 0.236. The van der Waals surface area contributed by atoms with Crippen molar-refractivity contribution >= 4 is 31.6 Å². The molecule has 0 atom stereocenters. The Labute approximate surface area is 121 Å². The lowest BCUT2D eigenvalue weighted by atomic mass is 10.0. The van der Waals surface area contributed by atoms with Crippen LogP contribution in [0.3, 0.4) is 0 Å². The lowest BCUT2D eigenvalue weighted by molar-refractivity contribution is 0.432. The predicted octanol–water partition coefficient (Wildman–Crippen LogP) is 2.50. The molecular formula is C13H17BrN2O2S. The van der Waals surface area contributed by atoms with E-state index < -0.39 is 10.0 Å². The molecule has 0 unspecified atom stereocenters. The minimum absolute atomic E-state index is 0.236. The number of nitrogens with one attached hydrogen (secondary N) is 1. The number of hydrogen-bond acceptors (Lipinski definition) is 3. The first-order valence-electron chi connectivity index (χ1n) is 6.48. The molecule has 0 spiro atoms. The van der Waals surface area contributed by atoms with Gasteiger partial charge in [0.05, 0.1) is 4.90 Å². The highest BCUT2D eigenvalue weighted by atomic mass is 79.9. The highest BCUT2D eigenvalue weighted by molar-refractivity contribution is 9.10. The monoisotopic (exact) mass is 344 g/mol. The molecule has 0 heterocycles. The van der Waals surface area contributed by atoms with Gasteiger partial charge in [-0.2, -0.15) is 0 Å². The molecule has 104 valence electrons. The molecule has 4 nitrogen and oxygen atoms in total. The molecule has 0 radical (unpaired) electrons. The van der Waals surface area contributed by atoms with Crippen LogP contribution < -0.4 is 10.5 Å². The van der Waals surface area contributed by atoms with Gasteiger partial charge in [0.2, 0.25) is 10.0 Å². The van der Waals surface area contributed by atoms with Crippen LogP contribution in [0.2, 0.25) is 0 Å². The van der Waals surface area contributed by atoms with Crippen molar-refractivity contribution in [3.05, 3.63) is 22.7 Å². The Bertz CT molecular complexity index is 607. The Kier molecular flexibility index (Phi) is 3.15. The van der Waals surface area contributed by atoms with E-state index >= 15 is 0 Å². The Morgan fingerprint density at radius 2 is 2.05 bits per heavy atom. The average molecular weight is 345 g/mol. The van der Waals surface area contributed by atoms with Gasteiger partial charge in [0.25, 0.3) is 0 Å². The van der Waals surface area contributed by atoms with E-state index in [1.54, 1.807) is 12.1 Å². The van der Waals surface area contributed by atoms with Gasteiger partial charge < -0.3 is 5.73 Å². The summed E-state index contributed by atoms with van der Waals surface area (Å²) in [5, 5.41) is 0. The summed E-state index contributed by atoms with van der Waals surface area (Å²) in [6, 6.07) is 4.72. The third-order valence-electron chi connectivity index (χ3n) is 4.23. The second-order valence-electron chi connectivity index (χ2n) is 5.64. The molecule has 1 aromatic rings. The normalized spacial score (nSPS) is 21.3. The second kappa shape index (κ2) is 4.46. The quantitative estimate of drug-likeness (QED) is 0.806. The number of hydrogen-bond donors (Lipinski definition) is 2. The summed E-state index contributed by atoms with van der Waals surface area (Å²) >= 11 is 3.26. The zero-order chi connectivity index (χ0) is 13.7. The van der Waals surface area contributed by atoms with Gasteiger partial charge in [-0.15, -0.1) is 0 Å². The second-order valence-corrected chi connectivity index (χ2v) is 8.27. The molecule has 19 heavy (non-hydrogen) atoms. The van der Waals surface area contributed by atoms with Crippen LogP contribution in [0.4, 0.5) is 5.69 Å². The van der Waals surface area contributed by atoms with E-state index in [1.807, 2.05) is 0 Å². The van der Waals surface area contributed by atoms with Crippen LogP contribution in [0, 0.1) is 11.3 Å². The highest BCUT2D eigenvalue weighted by Gasteiger charge is 2.53. The first-order chi connectivity index (χ1) is 8.93. The van der Waals surface area contributed by atoms with E-state index in [9.17, 15) is 8.42 Å². The smallest absolute Gasteiger partial charge is 0.240 e. The number of halogens is 1. The predicted molar refractivity (Wildman–Crippen MR) is 78.1 cm³/mol. The molecular weight excluding hydrogens is 328 g/mol. The van der Waals surface area contributed by atoms with Crippen molar-refractivity contribution in [2.75, 3.05) is 12.3 Å². The number of sulfonamides is 1. The number of benzene rings is 1. The van der Waals surface area contributed by atoms with E-state index in [1.165, 1.54) is 18.9 Å². The van der Waals surface area contributed by atoms with E-state index in [-0.39, 0.29) is 10.3 Å². The summed E-state index contributed by atoms with van der Waals surface area (Å²) in [5.41, 5.74) is 6.42. The Morgan fingerprint density at radius 3 is 2.58 bits per heavy atom. The van der Waals surface area contributed by atoms with Crippen LogP contribution >= 0.6 is 15.9 Å². The molecule has 0 saturated heterocycles. The number of rotatable bonds is 5. The third kappa shape index (κ3) is 2.66. The molecule has 1 aromatic carbocycles. The average Bonchev–Trinajstić information content (AvgIpc) is 3.23. The molecule has 2 aliphatic carbocycles. The Morgan fingerprint density at radius 1 is 1.37 bits per heavy atom. The van der Waals surface area contributed by atoms with Crippen LogP contribution in [0.5, 0.6) is 0 Å². The summed E-state index contributed by atoms with van der Waals surface area (Å²) in [7, 11) is -3.45. The van der Waals surface area contributed by atoms with Gasteiger partial charge in [0.1, 0.15) is 0 Å². The van der Waals surface area contributed by atoms with E-state index in [4.69, 9.17) is 5.73 Å². The van der Waals surface area contributed by atoms with Crippen LogP contribution in [0.15, 0.2) is 27.6 Å². The molecule has 0 aliphatic heterocycles. The maximum atomic E-state index is 12.2. The lowest BCUT2D eigenvalue weighted by Crippen LogP contribution is -2.31. The minimum Gasteiger partial charge on any atom is -0.398 e. The van der Waals surface area contributed by atoms with Gasteiger partial charge in [-0.1, -0.05) is 0 Å². The molecule has 3 N–H and O–H groups in total. The van der Waals surface area contributed by atoms with Crippen LogP contribution in [0.1, 0.15) is 25.7 Å². The van der Waals surface area contributed by atoms with Crippen molar-refractivity contribution in [3.63, 3.8) is 0 Å². The fraction of sp³-hybridized carbons (Fsp3) is 0.538. The molecule has 2 fully saturated rings. The van der Waals surface area contributed by atoms with Crippen LogP contribution in [0.25, 0.3) is 0 Å². The molecule has 3 rings (SSSR count). The van der Waals surface area contributed by atoms with Crippen molar-refractivity contribution in [2.45, 2.75) is 30.6 Å². The van der Waals surface area contributed by atoms with Gasteiger partial charge in [0.15, 0.2) is 0 Å². The largest absolute Gasteiger partial charge is 0.398 e. The van der Waals surface area contributed by atoms with Gasteiger partial charge in [-0.3, -0.25) is 0 Å². The standard InChI is InChI=1S/C13H17BrN2O2S/c14-11-4-3-10(7-12(11)15)19(17,18)16-8-13(5-6-13)9-1-2-9/h3-4,7,9,16H,1-2,5-6,8,15H2. The fourth-order valence-corrected chi connectivity index (χ4v) is 4.02. The van der Waals surface area contributed by atoms with Gasteiger partial charge >= 0.3 is 0 Å². The molecule has 0 amide bonds. The van der Waals surface area contributed by atoms with E-state index in [0.29, 0.717) is 16.7 Å². The SMILES string of the molecule is Nc1cc(S(=O)(=O)NCC2(C3CC3)CC2)ccc1Br. The topological polar surface area (TPSA) is 72.2 Å². The molecule has 0 aromatic heterocycles. The van der Waals surface area contributed by atoms with Gasteiger partial charge in [0, 0.05) is 16.7 Å². The van der Waals surface area contributed by atoms with Crippen LogP contribution in [-0.4, -0.2) is 15.0 Å². The maximum Gasteiger partial charge on any atom is 0.240 e. The molecule has 2 aliphatic rings. The summed E-state index contributed by atoms with van der Waals surface area (Å²) in [6.45, 7) is 0.565. The summed E-state index contributed by atoms with van der Waals surface area (Å²) in [5.74, 6) is 0.741. The summed E-state index contributed by atoms with van der Waals surface area (Å²) in [6.07, 6.45) is 4.82. The Hall–Kier alpha value is -0.590. The number of nitrogen functional groups attached to an aromatic ring is 1. The van der Waals surface area contributed by atoms with Gasteiger partial charge in [-0.05, 0) is 71.1 Å². The van der Waals surface area contributed by atoms with Crippen molar-refractivity contribution in [1.82, 2.24) is 4.72 Å². The third-order valence-corrected chi connectivity index (χ3v) is 6.35. The minimum atomic E-state index is -3.45. The molecule has 6 heteroatoms. The first kappa shape index (κ1) is 13.4. The van der Waals surface area contributed by atoms with E-state index in [0.717, 1.165) is 18.8 Å². The van der Waals surface area contributed by atoms with E-state index in [2.05, 4.69) is 20.7 Å². The first-order valence-corrected chi connectivity index (χ1v) is 8.75. The van der Waals surface area contributed by atoms with Crippen molar-refractivity contribution in [1.29, 1.82) is 0 Å². The zero-order valence-electron chi connectivity index (χ0n) is 10.5. The summed E-state index contributed by atoms with van der Waals surface area (Å²) < 4.78 is 27.9. The zero-order valence-corrected chi connectivity index (χ0v) is 12.9. The maximum absolute atomic E-state index is 12.2. The number of nitrogens with two attached hydrogens (primary N) is 1. The molecule has 0 bridgehead atoms. The van der Waals surface area contributed by atoms with Crippen LogP contribution in [-0.2, 0) is 10.0 Å². The van der Waals surface area contributed by atoms with Crippen molar-refractivity contribution in [3.8, 4) is 0 Å². The highest BCUT2D eigenvalue weighted by Crippen LogP contribution is 2.60. The molecule has 2 saturated carbocycles. The van der Waals surface area contributed by atoms with Crippen molar-refractivity contribution in [2.24, 2.45) is 11.3 Å². The number of anilines is 1. The lowest BCUT2D eigenvalue weighted by Gasteiger charge is -2.15. The van der Waals surface area contributed by atoms with Crippen molar-refractivity contribution < 1.29 is 8.42 Å². The Balaban J connectivity index is 1.73. The van der Waals surface area contributed by atoms with Gasteiger partial charge in [-0.25, -0.2) is 13.1 Å².